The monoisotopic (exact) mass is 315 g/mol. The topological polar surface area (TPSA) is 84.2 Å². The molecule has 2 atom stereocenters. The van der Waals surface area contributed by atoms with Crippen LogP contribution in [0.3, 0.4) is 0 Å². The zero-order chi connectivity index (χ0) is 16.4. The maximum Gasteiger partial charge on any atom is 0.251 e. The van der Waals surface area contributed by atoms with Crippen molar-refractivity contribution in [1.29, 1.82) is 0 Å². The Labute approximate surface area is 137 Å². The number of carbonyl (C=O) groups excluding carboxylic acids is 2. The highest BCUT2D eigenvalue weighted by molar-refractivity contribution is 5.96. The third-order valence-electron chi connectivity index (χ3n) is 4.90. The molecule has 4 N–H and O–H groups in total. The normalized spacial score (nSPS) is 27.3. The molecule has 0 heterocycles. The fourth-order valence-electron chi connectivity index (χ4n) is 3.22. The third kappa shape index (κ3) is 3.91. The van der Waals surface area contributed by atoms with Crippen molar-refractivity contribution < 1.29 is 9.59 Å². The summed E-state index contributed by atoms with van der Waals surface area (Å²) in [5.74, 6) is -0.230. The largest absolute Gasteiger partial charge is 0.349 e. The molecule has 23 heavy (non-hydrogen) atoms. The van der Waals surface area contributed by atoms with E-state index in [0.717, 1.165) is 38.5 Å². The van der Waals surface area contributed by atoms with Gasteiger partial charge >= 0.3 is 0 Å². The molecule has 124 valence electrons. The van der Waals surface area contributed by atoms with E-state index in [4.69, 9.17) is 5.73 Å². The van der Waals surface area contributed by atoms with Gasteiger partial charge in [0.05, 0.1) is 5.92 Å². The first-order valence-electron chi connectivity index (χ1n) is 8.46. The first-order valence-corrected chi connectivity index (χ1v) is 8.46. The van der Waals surface area contributed by atoms with Crippen LogP contribution in [0.2, 0.25) is 0 Å². The number of nitrogens with two attached hydrogens (primary N) is 1. The number of rotatable bonds is 4. The molecule has 2 amide bonds. The summed E-state index contributed by atoms with van der Waals surface area (Å²) < 4.78 is 0. The predicted octanol–water partition coefficient (Wildman–Crippen LogP) is 2.42. The van der Waals surface area contributed by atoms with Crippen LogP contribution in [0.4, 0.5) is 5.69 Å². The van der Waals surface area contributed by atoms with Crippen LogP contribution in [0.15, 0.2) is 24.3 Å². The zero-order valence-electron chi connectivity index (χ0n) is 13.6. The minimum atomic E-state index is -0.438. The molecule has 5 heteroatoms. The molecule has 2 unspecified atom stereocenters. The Morgan fingerprint density at radius 2 is 1.83 bits per heavy atom. The van der Waals surface area contributed by atoms with E-state index in [0.29, 0.717) is 17.3 Å². The molecule has 0 bridgehead atoms. The van der Waals surface area contributed by atoms with Crippen molar-refractivity contribution in [2.45, 2.75) is 57.0 Å². The molecular weight excluding hydrogens is 290 g/mol. The first-order chi connectivity index (χ1) is 11.0. The molecule has 0 aromatic heterocycles. The van der Waals surface area contributed by atoms with Crippen molar-refractivity contribution in [2.24, 2.45) is 11.7 Å². The molecule has 2 fully saturated rings. The van der Waals surface area contributed by atoms with Gasteiger partial charge in [-0.25, -0.2) is 0 Å². The molecule has 3 rings (SSSR count). The predicted molar refractivity (Wildman–Crippen MR) is 90.1 cm³/mol. The van der Waals surface area contributed by atoms with Gasteiger partial charge in [-0.3, -0.25) is 9.59 Å². The van der Waals surface area contributed by atoms with E-state index >= 15 is 0 Å². The lowest BCUT2D eigenvalue weighted by molar-refractivity contribution is -0.122. The van der Waals surface area contributed by atoms with E-state index in [-0.39, 0.29) is 17.7 Å². The van der Waals surface area contributed by atoms with Gasteiger partial charge in [0.2, 0.25) is 5.91 Å². The summed E-state index contributed by atoms with van der Waals surface area (Å²) in [4.78, 5) is 24.4. The Morgan fingerprint density at radius 1 is 1.13 bits per heavy atom. The second-order valence-electron chi connectivity index (χ2n) is 7.12. The molecule has 0 spiro atoms. The summed E-state index contributed by atoms with van der Waals surface area (Å²) >= 11 is 0. The summed E-state index contributed by atoms with van der Waals surface area (Å²) in [6.45, 7) is 1.96. The second kappa shape index (κ2) is 6.32. The molecule has 1 aromatic carbocycles. The number of carbonyl (C=O) groups is 2. The minimum absolute atomic E-state index is 0.0233. The van der Waals surface area contributed by atoms with Crippen molar-refractivity contribution >= 4 is 17.5 Å². The van der Waals surface area contributed by atoms with Crippen LogP contribution in [-0.2, 0) is 4.79 Å². The maximum atomic E-state index is 12.5. The number of hydrogen-bond acceptors (Lipinski definition) is 3. The molecule has 2 aliphatic rings. The molecule has 2 aliphatic carbocycles. The Bertz CT molecular complexity index is 591. The van der Waals surface area contributed by atoms with Crippen molar-refractivity contribution in [3.63, 3.8) is 0 Å². The highest BCUT2D eigenvalue weighted by Crippen LogP contribution is 2.32. The maximum absolute atomic E-state index is 12.5. The Kier molecular flexibility index (Phi) is 4.39. The van der Waals surface area contributed by atoms with Crippen LogP contribution in [0, 0.1) is 5.92 Å². The number of amides is 2. The first kappa shape index (κ1) is 16.0. The van der Waals surface area contributed by atoms with Crippen molar-refractivity contribution in [3.05, 3.63) is 29.8 Å². The van der Waals surface area contributed by atoms with Gasteiger partial charge in [0, 0.05) is 22.8 Å². The average molecular weight is 315 g/mol. The second-order valence-corrected chi connectivity index (χ2v) is 7.12. The average Bonchev–Trinajstić information content (AvgIpc) is 3.31. The molecular formula is C18H25N3O2. The van der Waals surface area contributed by atoms with E-state index in [1.165, 1.54) is 0 Å². The summed E-state index contributed by atoms with van der Waals surface area (Å²) in [6, 6.07) is 7.38. The zero-order valence-corrected chi connectivity index (χ0v) is 13.6. The fraction of sp³-hybridized carbons (Fsp3) is 0.556. The van der Waals surface area contributed by atoms with E-state index < -0.39 is 5.54 Å². The number of hydrogen-bond donors (Lipinski definition) is 3. The van der Waals surface area contributed by atoms with Gasteiger partial charge < -0.3 is 16.4 Å². The van der Waals surface area contributed by atoms with Gasteiger partial charge in [-0.15, -0.1) is 0 Å². The molecule has 0 saturated heterocycles. The van der Waals surface area contributed by atoms with Gasteiger partial charge in [-0.05, 0) is 56.9 Å². The SMILES string of the molecule is CC1(N)CCCCC1C(=O)Nc1ccc(C(=O)NC2CC2)cc1. The summed E-state index contributed by atoms with van der Waals surface area (Å²) in [7, 11) is 0. The van der Waals surface area contributed by atoms with Gasteiger partial charge in [0.1, 0.15) is 0 Å². The van der Waals surface area contributed by atoms with Crippen LogP contribution in [0.1, 0.15) is 55.8 Å². The van der Waals surface area contributed by atoms with Gasteiger partial charge in [0.15, 0.2) is 0 Å². The van der Waals surface area contributed by atoms with Crippen molar-refractivity contribution in [1.82, 2.24) is 5.32 Å². The minimum Gasteiger partial charge on any atom is -0.349 e. The van der Waals surface area contributed by atoms with Crippen LogP contribution in [0.5, 0.6) is 0 Å². The van der Waals surface area contributed by atoms with Crippen LogP contribution >= 0.6 is 0 Å². The number of anilines is 1. The number of nitrogens with one attached hydrogen (secondary N) is 2. The summed E-state index contributed by atoms with van der Waals surface area (Å²) in [6.07, 6.45) is 5.98. The van der Waals surface area contributed by atoms with Gasteiger partial charge in [0.25, 0.3) is 5.91 Å². The molecule has 0 radical (unpaired) electrons. The lowest BCUT2D eigenvalue weighted by Crippen LogP contribution is -2.51. The lowest BCUT2D eigenvalue weighted by Gasteiger charge is -2.37. The highest BCUT2D eigenvalue weighted by Gasteiger charge is 2.37. The van der Waals surface area contributed by atoms with Crippen LogP contribution in [-0.4, -0.2) is 23.4 Å². The van der Waals surface area contributed by atoms with Gasteiger partial charge in [-0.2, -0.15) is 0 Å². The third-order valence-corrected chi connectivity index (χ3v) is 4.90. The molecule has 2 saturated carbocycles. The smallest absolute Gasteiger partial charge is 0.251 e. The van der Waals surface area contributed by atoms with Crippen LogP contribution < -0.4 is 16.4 Å². The molecule has 0 aliphatic heterocycles. The lowest BCUT2D eigenvalue weighted by atomic mass is 9.74. The van der Waals surface area contributed by atoms with E-state index in [1.807, 2.05) is 6.92 Å². The fourth-order valence-corrected chi connectivity index (χ4v) is 3.22. The Balaban J connectivity index is 1.61. The Hall–Kier alpha value is -1.88. The summed E-state index contributed by atoms with van der Waals surface area (Å²) in [5.41, 5.74) is 7.17. The van der Waals surface area contributed by atoms with Gasteiger partial charge in [-0.1, -0.05) is 12.8 Å². The van der Waals surface area contributed by atoms with E-state index in [1.54, 1.807) is 24.3 Å². The number of benzene rings is 1. The highest BCUT2D eigenvalue weighted by atomic mass is 16.2. The Morgan fingerprint density at radius 3 is 2.43 bits per heavy atom. The van der Waals surface area contributed by atoms with E-state index in [2.05, 4.69) is 10.6 Å². The summed E-state index contributed by atoms with van der Waals surface area (Å²) in [5, 5.41) is 5.89. The molecule has 1 aromatic rings. The van der Waals surface area contributed by atoms with Crippen molar-refractivity contribution in [2.75, 3.05) is 5.32 Å². The standard InChI is InChI=1S/C18H25N3O2/c1-18(19)11-3-2-4-15(18)17(23)21-13-7-5-12(6-8-13)16(22)20-14-9-10-14/h5-8,14-15H,2-4,9-11,19H2,1H3,(H,20,22)(H,21,23). The molecule has 5 nitrogen and oxygen atoms in total. The van der Waals surface area contributed by atoms with Crippen LogP contribution in [0.25, 0.3) is 0 Å². The van der Waals surface area contributed by atoms with E-state index in [9.17, 15) is 9.59 Å². The van der Waals surface area contributed by atoms with Crippen molar-refractivity contribution in [3.8, 4) is 0 Å². The quantitative estimate of drug-likeness (QED) is 0.798.